The third-order valence-corrected chi connectivity index (χ3v) is 4.38. The first-order valence-electron chi connectivity index (χ1n) is 8.15. The van der Waals surface area contributed by atoms with Crippen LogP contribution in [-0.2, 0) is 0 Å². The number of ether oxygens (including phenoxy) is 2. The number of amides is 1. The van der Waals surface area contributed by atoms with Crippen molar-refractivity contribution in [2.75, 3.05) is 44.3 Å². The van der Waals surface area contributed by atoms with Gasteiger partial charge in [0.15, 0.2) is 11.5 Å². The standard InChI is InChI=1S/C18H19N3O3/c22-18(14-1-2-16-17(13-14)24-12-11-23-16)21-9-7-20(8-10-21)15-3-5-19-6-4-15/h1-6,13H,7-12H2. The molecule has 24 heavy (non-hydrogen) atoms. The van der Waals surface area contributed by atoms with Crippen LogP contribution in [0.4, 0.5) is 5.69 Å². The number of fused-ring (bicyclic) bond motifs is 1. The molecule has 0 saturated carbocycles. The molecule has 124 valence electrons. The second-order valence-electron chi connectivity index (χ2n) is 5.84. The summed E-state index contributed by atoms with van der Waals surface area (Å²) in [4.78, 5) is 20.9. The minimum Gasteiger partial charge on any atom is -0.486 e. The smallest absolute Gasteiger partial charge is 0.254 e. The summed E-state index contributed by atoms with van der Waals surface area (Å²) in [6.45, 7) is 4.12. The van der Waals surface area contributed by atoms with Crippen LogP contribution < -0.4 is 14.4 Å². The Morgan fingerprint density at radius 2 is 1.62 bits per heavy atom. The van der Waals surface area contributed by atoms with E-state index >= 15 is 0 Å². The van der Waals surface area contributed by atoms with Crippen molar-refractivity contribution in [3.8, 4) is 11.5 Å². The van der Waals surface area contributed by atoms with Crippen LogP contribution in [0.5, 0.6) is 11.5 Å². The Kier molecular flexibility index (Phi) is 3.94. The zero-order chi connectivity index (χ0) is 16.4. The summed E-state index contributed by atoms with van der Waals surface area (Å²) in [7, 11) is 0. The number of anilines is 1. The molecule has 6 heteroatoms. The number of benzene rings is 1. The van der Waals surface area contributed by atoms with E-state index in [1.165, 1.54) is 0 Å². The van der Waals surface area contributed by atoms with E-state index in [2.05, 4.69) is 9.88 Å². The average molecular weight is 325 g/mol. The van der Waals surface area contributed by atoms with Gasteiger partial charge < -0.3 is 19.3 Å². The highest BCUT2D eigenvalue weighted by Gasteiger charge is 2.23. The molecule has 0 aliphatic carbocycles. The van der Waals surface area contributed by atoms with Gasteiger partial charge in [-0.3, -0.25) is 9.78 Å². The second-order valence-corrected chi connectivity index (χ2v) is 5.84. The van der Waals surface area contributed by atoms with E-state index in [-0.39, 0.29) is 5.91 Å². The molecule has 6 nitrogen and oxygen atoms in total. The van der Waals surface area contributed by atoms with E-state index in [0.29, 0.717) is 43.4 Å². The molecule has 1 aromatic carbocycles. The summed E-state index contributed by atoms with van der Waals surface area (Å²) in [5.41, 5.74) is 1.80. The van der Waals surface area contributed by atoms with Crippen LogP contribution >= 0.6 is 0 Å². The molecule has 0 spiro atoms. The number of hydrogen-bond acceptors (Lipinski definition) is 5. The molecule has 1 aromatic heterocycles. The van der Waals surface area contributed by atoms with E-state index < -0.39 is 0 Å². The Hall–Kier alpha value is -2.76. The number of nitrogens with zero attached hydrogens (tertiary/aromatic N) is 3. The molecule has 2 aromatic rings. The van der Waals surface area contributed by atoms with Crippen LogP contribution in [-0.4, -0.2) is 55.2 Å². The largest absolute Gasteiger partial charge is 0.486 e. The molecule has 1 amide bonds. The van der Waals surface area contributed by atoms with Gasteiger partial charge in [0, 0.05) is 49.8 Å². The molecule has 3 heterocycles. The van der Waals surface area contributed by atoms with Crippen LogP contribution in [0.25, 0.3) is 0 Å². The van der Waals surface area contributed by atoms with Crippen molar-refractivity contribution < 1.29 is 14.3 Å². The van der Waals surface area contributed by atoms with Gasteiger partial charge in [0.1, 0.15) is 13.2 Å². The third-order valence-electron chi connectivity index (χ3n) is 4.38. The molecule has 2 aliphatic heterocycles. The maximum absolute atomic E-state index is 12.7. The summed E-state index contributed by atoms with van der Waals surface area (Å²) in [5.74, 6) is 1.41. The maximum atomic E-state index is 12.7. The van der Waals surface area contributed by atoms with E-state index in [9.17, 15) is 4.79 Å². The van der Waals surface area contributed by atoms with Crippen LogP contribution in [0.1, 0.15) is 10.4 Å². The first-order chi connectivity index (χ1) is 11.8. The highest BCUT2D eigenvalue weighted by atomic mass is 16.6. The molecule has 0 N–H and O–H groups in total. The predicted octanol–water partition coefficient (Wildman–Crippen LogP) is 1.82. The normalized spacial score (nSPS) is 16.8. The number of pyridine rings is 1. The van der Waals surface area contributed by atoms with Gasteiger partial charge in [-0.2, -0.15) is 0 Å². The molecular weight excluding hydrogens is 306 g/mol. The Balaban J connectivity index is 1.43. The SMILES string of the molecule is O=C(c1ccc2c(c1)OCCO2)N1CCN(c2ccncc2)CC1. The highest BCUT2D eigenvalue weighted by Crippen LogP contribution is 2.31. The van der Waals surface area contributed by atoms with E-state index in [1.807, 2.05) is 29.2 Å². The summed E-state index contributed by atoms with van der Waals surface area (Å²) in [6, 6.07) is 9.41. The first-order valence-corrected chi connectivity index (χ1v) is 8.15. The number of aromatic nitrogens is 1. The molecule has 4 rings (SSSR count). The highest BCUT2D eigenvalue weighted by molar-refractivity contribution is 5.95. The quantitative estimate of drug-likeness (QED) is 0.843. The lowest BCUT2D eigenvalue weighted by molar-refractivity contribution is 0.0745. The van der Waals surface area contributed by atoms with Crippen molar-refractivity contribution in [3.63, 3.8) is 0 Å². The molecule has 1 fully saturated rings. The molecule has 1 saturated heterocycles. The van der Waals surface area contributed by atoms with Gasteiger partial charge >= 0.3 is 0 Å². The summed E-state index contributed by atoms with van der Waals surface area (Å²) >= 11 is 0. The number of rotatable bonds is 2. The van der Waals surface area contributed by atoms with Gasteiger partial charge in [-0.15, -0.1) is 0 Å². The van der Waals surface area contributed by atoms with Crippen LogP contribution in [0.3, 0.4) is 0 Å². The molecule has 0 unspecified atom stereocenters. The van der Waals surface area contributed by atoms with Gasteiger partial charge in [-0.05, 0) is 30.3 Å². The van der Waals surface area contributed by atoms with Crippen molar-refractivity contribution in [1.82, 2.24) is 9.88 Å². The Labute approximate surface area is 140 Å². The number of hydrogen-bond donors (Lipinski definition) is 0. The lowest BCUT2D eigenvalue weighted by Gasteiger charge is -2.36. The lowest BCUT2D eigenvalue weighted by atomic mass is 10.1. The number of carbonyl (C=O) groups is 1. The minimum absolute atomic E-state index is 0.0429. The number of carbonyl (C=O) groups excluding carboxylic acids is 1. The van der Waals surface area contributed by atoms with Gasteiger partial charge in [0.05, 0.1) is 0 Å². The lowest BCUT2D eigenvalue weighted by Crippen LogP contribution is -2.48. The third kappa shape index (κ3) is 2.87. The van der Waals surface area contributed by atoms with Crippen LogP contribution in [0, 0.1) is 0 Å². The Morgan fingerprint density at radius 1 is 0.917 bits per heavy atom. The van der Waals surface area contributed by atoms with Crippen molar-refractivity contribution in [2.45, 2.75) is 0 Å². The minimum atomic E-state index is 0.0429. The molecule has 0 atom stereocenters. The molecule has 0 bridgehead atoms. The van der Waals surface area contributed by atoms with Crippen molar-refractivity contribution >= 4 is 11.6 Å². The van der Waals surface area contributed by atoms with E-state index in [0.717, 1.165) is 18.8 Å². The maximum Gasteiger partial charge on any atom is 0.254 e. The monoisotopic (exact) mass is 325 g/mol. The molecular formula is C18H19N3O3. The van der Waals surface area contributed by atoms with Gasteiger partial charge in [-0.1, -0.05) is 0 Å². The number of piperazine rings is 1. The summed E-state index contributed by atoms with van der Waals surface area (Å²) in [6.07, 6.45) is 3.59. The van der Waals surface area contributed by atoms with Crippen molar-refractivity contribution in [1.29, 1.82) is 0 Å². The Morgan fingerprint density at radius 3 is 2.38 bits per heavy atom. The van der Waals surface area contributed by atoms with Crippen LogP contribution in [0.15, 0.2) is 42.7 Å². The summed E-state index contributed by atoms with van der Waals surface area (Å²) in [5, 5.41) is 0. The fourth-order valence-corrected chi connectivity index (χ4v) is 3.08. The van der Waals surface area contributed by atoms with Crippen LogP contribution in [0.2, 0.25) is 0 Å². The summed E-state index contributed by atoms with van der Waals surface area (Å²) < 4.78 is 11.1. The zero-order valence-electron chi connectivity index (χ0n) is 13.4. The van der Waals surface area contributed by atoms with E-state index in [4.69, 9.17) is 9.47 Å². The zero-order valence-corrected chi connectivity index (χ0v) is 13.4. The molecule has 2 aliphatic rings. The average Bonchev–Trinajstić information content (AvgIpc) is 2.68. The first kappa shape index (κ1) is 14.8. The van der Waals surface area contributed by atoms with Gasteiger partial charge in [0.25, 0.3) is 5.91 Å². The molecule has 0 radical (unpaired) electrons. The van der Waals surface area contributed by atoms with Gasteiger partial charge in [0.2, 0.25) is 0 Å². The van der Waals surface area contributed by atoms with Crippen molar-refractivity contribution in [2.24, 2.45) is 0 Å². The second kappa shape index (κ2) is 6.39. The van der Waals surface area contributed by atoms with E-state index in [1.54, 1.807) is 18.5 Å². The van der Waals surface area contributed by atoms with Gasteiger partial charge in [-0.25, -0.2) is 0 Å². The van der Waals surface area contributed by atoms with Crippen molar-refractivity contribution in [3.05, 3.63) is 48.3 Å². The Bertz CT molecular complexity index is 728. The fourth-order valence-electron chi connectivity index (χ4n) is 3.08. The predicted molar refractivity (Wildman–Crippen MR) is 89.8 cm³/mol. The fraction of sp³-hybridized carbons (Fsp3) is 0.333. The topological polar surface area (TPSA) is 54.9 Å².